The van der Waals surface area contributed by atoms with Crippen LogP contribution in [0, 0.1) is 11.3 Å². The first kappa shape index (κ1) is 21.0. The molecule has 0 aliphatic heterocycles. The fourth-order valence-corrected chi connectivity index (χ4v) is 6.40. The van der Waals surface area contributed by atoms with Crippen molar-refractivity contribution in [3.8, 4) is 6.07 Å². The second-order valence-corrected chi connectivity index (χ2v) is 11.9. The number of nitrogens with zero attached hydrogens (tertiary/aromatic N) is 3. The molecule has 1 aromatic carbocycles. The van der Waals surface area contributed by atoms with Gasteiger partial charge in [-0.25, -0.2) is 19.1 Å². The second kappa shape index (κ2) is 7.45. The minimum Gasteiger partial charge on any atom is -0.305 e. The van der Waals surface area contributed by atoms with E-state index in [0.717, 1.165) is 77.0 Å². The maximum atomic E-state index is 13.0. The van der Waals surface area contributed by atoms with Crippen molar-refractivity contribution in [2.75, 3.05) is 5.32 Å². The number of nitriles is 1. The van der Waals surface area contributed by atoms with Crippen molar-refractivity contribution in [2.24, 2.45) is 9.50 Å². The first-order valence-electron chi connectivity index (χ1n) is 10.0. The number of rotatable bonds is 2. The summed E-state index contributed by atoms with van der Waals surface area (Å²) in [4.78, 5) is 17.0. The zero-order chi connectivity index (χ0) is 21.7. The first-order valence-corrected chi connectivity index (χ1v) is 12.4. The number of anilines is 1. The molecule has 0 bridgehead atoms. The Balaban J connectivity index is 1.69. The number of urea groups is 1. The van der Waals surface area contributed by atoms with E-state index in [9.17, 15) is 14.3 Å². The number of aromatic nitrogens is 1. The standard InChI is InChI=1S/C21H25N5O2S2/c1-21(2,3)19-24-11-17(29-19)30(23,28)26-20(27)25-18-14-8-4-6-12(14)16(10-22)13-7-5-9-15(13)18/h11H,4-9H2,1-3H3,(H3,23,25,26,27,28). The smallest absolute Gasteiger partial charge is 0.305 e. The molecule has 0 fully saturated rings. The lowest BCUT2D eigenvalue weighted by Crippen LogP contribution is -2.18. The molecule has 2 aromatic rings. The highest BCUT2D eigenvalue weighted by molar-refractivity contribution is 7.93. The predicted molar refractivity (Wildman–Crippen MR) is 118 cm³/mol. The number of fused-ring (bicyclic) bond motifs is 2. The summed E-state index contributed by atoms with van der Waals surface area (Å²) in [6.07, 6.45) is 6.67. The zero-order valence-electron chi connectivity index (χ0n) is 17.4. The molecule has 30 heavy (non-hydrogen) atoms. The van der Waals surface area contributed by atoms with Gasteiger partial charge in [0.15, 0.2) is 9.92 Å². The molecule has 158 valence electrons. The minimum atomic E-state index is -3.39. The van der Waals surface area contributed by atoms with Gasteiger partial charge in [-0.05, 0) is 60.8 Å². The molecule has 0 radical (unpaired) electrons. The number of hydrogen-bond donors (Lipinski definition) is 2. The van der Waals surface area contributed by atoms with Gasteiger partial charge in [0.05, 0.1) is 22.8 Å². The van der Waals surface area contributed by atoms with Gasteiger partial charge in [0, 0.05) is 11.1 Å². The van der Waals surface area contributed by atoms with Crippen molar-refractivity contribution in [3.63, 3.8) is 0 Å². The van der Waals surface area contributed by atoms with Crippen molar-refractivity contribution >= 4 is 33.0 Å². The highest BCUT2D eigenvalue weighted by Gasteiger charge is 2.30. The molecular weight excluding hydrogens is 418 g/mol. The summed E-state index contributed by atoms with van der Waals surface area (Å²) in [6, 6.07) is 1.65. The highest BCUT2D eigenvalue weighted by Crippen LogP contribution is 2.41. The van der Waals surface area contributed by atoms with Crippen LogP contribution in [-0.2, 0) is 41.0 Å². The number of nitrogens with two attached hydrogens (primary N) is 1. The molecule has 3 N–H and O–H groups in total. The molecule has 9 heteroatoms. The molecule has 1 aromatic heterocycles. The molecule has 0 saturated heterocycles. The van der Waals surface area contributed by atoms with Crippen molar-refractivity contribution in [1.82, 2.24) is 4.98 Å². The lowest BCUT2D eigenvalue weighted by molar-refractivity contribution is 0.260. The van der Waals surface area contributed by atoms with Crippen molar-refractivity contribution in [1.29, 1.82) is 5.26 Å². The Morgan fingerprint density at radius 1 is 1.20 bits per heavy atom. The first-order chi connectivity index (χ1) is 14.1. The molecule has 0 saturated carbocycles. The predicted octanol–water partition coefficient (Wildman–Crippen LogP) is 4.22. The quantitative estimate of drug-likeness (QED) is 0.721. The Hall–Kier alpha value is -2.28. The minimum absolute atomic E-state index is 0.204. The second-order valence-electron chi connectivity index (χ2n) is 8.81. The molecular formula is C21H25N5O2S2. The highest BCUT2D eigenvalue weighted by atomic mass is 32.2. The number of benzene rings is 1. The largest absolute Gasteiger partial charge is 0.354 e. The molecule has 2 aliphatic rings. The molecule has 2 aliphatic carbocycles. The number of carbonyl (C=O) groups is 1. The van der Waals surface area contributed by atoms with E-state index >= 15 is 0 Å². The van der Waals surface area contributed by atoms with Gasteiger partial charge >= 0.3 is 6.03 Å². The van der Waals surface area contributed by atoms with Gasteiger partial charge in [-0.1, -0.05) is 20.8 Å². The molecule has 1 atom stereocenters. The van der Waals surface area contributed by atoms with Gasteiger partial charge < -0.3 is 5.32 Å². The molecule has 1 heterocycles. The van der Waals surface area contributed by atoms with Crippen LogP contribution in [0.2, 0.25) is 0 Å². The van der Waals surface area contributed by atoms with Crippen LogP contribution in [0.15, 0.2) is 14.8 Å². The van der Waals surface area contributed by atoms with Crippen LogP contribution >= 0.6 is 11.3 Å². The molecule has 0 spiro atoms. The van der Waals surface area contributed by atoms with E-state index in [4.69, 9.17) is 5.14 Å². The Labute approximate surface area is 181 Å². The summed E-state index contributed by atoms with van der Waals surface area (Å²) in [5.41, 5.74) is 5.45. The van der Waals surface area contributed by atoms with E-state index in [1.807, 2.05) is 20.8 Å². The lowest BCUT2D eigenvalue weighted by Gasteiger charge is -2.17. The summed E-state index contributed by atoms with van der Waals surface area (Å²) in [5.74, 6) is 0. The van der Waals surface area contributed by atoms with Crippen LogP contribution in [0.25, 0.3) is 0 Å². The van der Waals surface area contributed by atoms with E-state index in [1.165, 1.54) is 17.5 Å². The van der Waals surface area contributed by atoms with Crippen LogP contribution in [-0.4, -0.2) is 15.2 Å². The van der Waals surface area contributed by atoms with Crippen LogP contribution in [0.3, 0.4) is 0 Å². The molecule has 4 rings (SSSR count). The summed E-state index contributed by atoms with van der Waals surface area (Å²) in [5, 5.41) is 19.3. The number of nitrogens with one attached hydrogen (secondary N) is 1. The summed E-state index contributed by atoms with van der Waals surface area (Å²) >= 11 is 1.22. The lowest BCUT2D eigenvalue weighted by atomic mass is 9.93. The summed E-state index contributed by atoms with van der Waals surface area (Å²) in [7, 11) is -3.39. The average molecular weight is 444 g/mol. The summed E-state index contributed by atoms with van der Waals surface area (Å²) in [6.45, 7) is 6.01. The van der Waals surface area contributed by atoms with Crippen LogP contribution in [0.1, 0.15) is 66.4 Å². The van der Waals surface area contributed by atoms with Crippen molar-refractivity contribution in [3.05, 3.63) is 39.0 Å². The number of hydrogen-bond acceptors (Lipinski definition) is 5. The third kappa shape index (κ3) is 3.64. The van der Waals surface area contributed by atoms with E-state index in [2.05, 4.69) is 20.7 Å². The number of thiazole rings is 1. The van der Waals surface area contributed by atoms with Crippen molar-refractivity contribution in [2.45, 2.75) is 68.9 Å². The maximum Gasteiger partial charge on any atom is 0.354 e. The van der Waals surface area contributed by atoms with Gasteiger partial charge in [0.2, 0.25) is 0 Å². The van der Waals surface area contributed by atoms with Crippen LogP contribution in [0.4, 0.5) is 10.5 Å². The van der Waals surface area contributed by atoms with Crippen LogP contribution in [0.5, 0.6) is 0 Å². The molecule has 2 amide bonds. The fourth-order valence-electron chi connectivity index (χ4n) is 4.28. The van der Waals surface area contributed by atoms with Crippen LogP contribution < -0.4 is 10.5 Å². The zero-order valence-corrected chi connectivity index (χ0v) is 19.0. The number of amides is 2. The van der Waals surface area contributed by atoms with Gasteiger partial charge in [-0.15, -0.1) is 15.7 Å². The SMILES string of the molecule is CC(C)(C)c1ncc(S(N)(=O)=NC(=O)Nc2c3c(c(C#N)c4c2CCC4)CCC3)s1. The Morgan fingerprint density at radius 2 is 1.77 bits per heavy atom. The third-order valence-electron chi connectivity index (χ3n) is 5.62. The van der Waals surface area contributed by atoms with Gasteiger partial charge in [-0.2, -0.15) is 5.26 Å². The Bertz CT molecular complexity index is 1170. The Kier molecular flexibility index (Phi) is 5.21. The van der Waals surface area contributed by atoms with Gasteiger partial charge in [0.1, 0.15) is 4.21 Å². The fraction of sp³-hybridized carbons (Fsp3) is 0.476. The maximum absolute atomic E-state index is 13.0. The van der Waals surface area contributed by atoms with E-state index in [0.29, 0.717) is 0 Å². The van der Waals surface area contributed by atoms with E-state index in [1.54, 1.807) is 0 Å². The van der Waals surface area contributed by atoms with E-state index in [-0.39, 0.29) is 9.62 Å². The monoisotopic (exact) mass is 443 g/mol. The topological polar surface area (TPSA) is 121 Å². The van der Waals surface area contributed by atoms with Gasteiger partial charge in [-0.3, -0.25) is 0 Å². The third-order valence-corrected chi connectivity index (χ3v) is 8.92. The van der Waals surface area contributed by atoms with E-state index < -0.39 is 15.9 Å². The molecule has 1 unspecified atom stereocenters. The summed E-state index contributed by atoms with van der Waals surface area (Å²) < 4.78 is 17.1. The van der Waals surface area contributed by atoms with Crippen molar-refractivity contribution < 1.29 is 9.00 Å². The molecule has 7 nitrogen and oxygen atoms in total. The number of carbonyl (C=O) groups excluding carboxylic acids is 1. The normalized spacial score (nSPS) is 17.0. The average Bonchev–Trinajstić information content (AvgIpc) is 3.40. The van der Waals surface area contributed by atoms with Gasteiger partial charge in [0.25, 0.3) is 0 Å². The Morgan fingerprint density at radius 3 is 2.27 bits per heavy atom.